The number of anilines is 3. The Hall–Kier alpha value is -3.16. The van der Waals surface area contributed by atoms with Crippen molar-refractivity contribution in [3.8, 4) is 0 Å². The third kappa shape index (κ3) is 3.78. The summed E-state index contributed by atoms with van der Waals surface area (Å²) in [6.07, 6.45) is 9.44. The van der Waals surface area contributed by atoms with Crippen molar-refractivity contribution < 1.29 is 9.59 Å². The van der Waals surface area contributed by atoms with Gasteiger partial charge in [-0.1, -0.05) is 25.3 Å². The Morgan fingerprint density at radius 3 is 2.78 bits per heavy atom. The molecular formula is C24H30N6O2. The third-order valence-corrected chi connectivity index (χ3v) is 7.10. The molecule has 1 aromatic carbocycles. The molecule has 2 aromatic rings. The van der Waals surface area contributed by atoms with E-state index in [0.717, 1.165) is 35.3 Å². The fraction of sp³-hybridized carbons (Fsp3) is 0.500. The minimum Gasteiger partial charge on any atom is -0.368 e. The Bertz CT molecular complexity index is 1060. The summed E-state index contributed by atoms with van der Waals surface area (Å²) in [4.78, 5) is 36.3. The molecule has 168 valence electrons. The van der Waals surface area contributed by atoms with E-state index in [1.807, 2.05) is 25.1 Å². The first kappa shape index (κ1) is 20.7. The van der Waals surface area contributed by atoms with Gasteiger partial charge >= 0.3 is 6.03 Å². The zero-order valence-electron chi connectivity index (χ0n) is 18.5. The normalized spacial score (nSPS) is 19.5. The molecule has 0 unspecified atom stereocenters. The third-order valence-electron chi connectivity index (χ3n) is 7.10. The van der Waals surface area contributed by atoms with Crippen molar-refractivity contribution >= 4 is 29.3 Å². The van der Waals surface area contributed by atoms with Crippen LogP contribution < -0.4 is 21.3 Å². The standard InChI is InChI=1S/C24H30N6O2/c1-15-7-8-18(28-23(32)27-12-16-5-3-2-4-6-16)11-19(15)30-14-17-13-26-22(25)29-20(17)24(9-10-24)21(30)31/h7-8,11,13,16H,2-6,9-10,12,14H2,1H3,(H2,25,26,29)(H2,27,28,32). The second-order valence-corrected chi connectivity index (χ2v) is 9.42. The van der Waals surface area contributed by atoms with Crippen LogP contribution in [0.15, 0.2) is 24.4 Å². The molecule has 0 bridgehead atoms. The number of rotatable bonds is 4. The molecule has 32 heavy (non-hydrogen) atoms. The molecule has 0 radical (unpaired) electrons. The van der Waals surface area contributed by atoms with Crippen LogP contribution in [0.5, 0.6) is 0 Å². The van der Waals surface area contributed by atoms with E-state index >= 15 is 0 Å². The van der Waals surface area contributed by atoms with Crippen LogP contribution in [0.4, 0.5) is 22.1 Å². The lowest BCUT2D eigenvalue weighted by Crippen LogP contribution is -2.45. The van der Waals surface area contributed by atoms with Gasteiger partial charge in [0.2, 0.25) is 11.9 Å². The topological polar surface area (TPSA) is 113 Å². The van der Waals surface area contributed by atoms with Crippen molar-refractivity contribution in [2.75, 3.05) is 22.5 Å². The number of nitrogens with zero attached hydrogens (tertiary/aromatic N) is 3. The molecule has 2 aliphatic carbocycles. The molecule has 8 heteroatoms. The Morgan fingerprint density at radius 2 is 2.03 bits per heavy atom. The fourth-order valence-corrected chi connectivity index (χ4v) is 5.10. The molecule has 0 atom stereocenters. The van der Waals surface area contributed by atoms with Crippen LogP contribution >= 0.6 is 0 Å². The Kier molecular flexibility index (Phi) is 5.23. The van der Waals surface area contributed by atoms with E-state index in [2.05, 4.69) is 20.6 Å². The minimum absolute atomic E-state index is 0.0464. The summed E-state index contributed by atoms with van der Waals surface area (Å²) in [5.41, 5.74) is 9.36. The minimum atomic E-state index is -0.585. The number of aryl methyl sites for hydroxylation is 1. The lowest BCUT2D eigenvalue weighted by atomic mass is 9.89. The molecule has 3 amide bonds. The molecule has 4 N–H and O–H groups in total. The summed E-state index contributed by atoms with van der Waals surface area (Å²) in [5.74, 6) is 0.822. The summed E-state index contributed by atoms with van der Waals surface area (Å²) in [7, 11) is 0. The summed E-state index contributed by atoms with van der Waals surface area (Å²) in [6.45, 7) is 3.08. The fourth-order valence-electron chi connectivity index (χ4n) is 5.10. The van der Waals surface area contributed by atoms with Gasteiger partial charge in [-0.3, -0.25) is 4.79 Å². The van der Waals surface area contributed by atoms with Crippen LogP contribution in [0.2, 0.25) is 0 Å². The Labute approximate surface area is 188 Å². The first-order chi connectivity index (χ1) is 15.5. The molecule has 5 rings (SSSR count). The number of fused-ring (bicyclic) bond motifs is 2. The van der Waals surface area contributed by atoms with Crippen LogP contribution in [0.25, 0.3) is 0 Å². The van der Waals surface area contributed by atoms with Gasteiger partial charge in [0.05, 0.1) is 17.7 Å². The van der Waals surface area contributed by atoms with Crippen LogP contribution in [0.1, 0.15) is 61.8 Å². The molecule has 1 spiro atoms. The molecule has 2 saturated carbocycles. The van der Waals surface area contributed by atoms with Gasteiger partial charge in [0.1, 0.15) is 0 Å². The number of urea groups is 1. The van der Waals surface area contributed by atoms with E-state index in [4.69, 9.17) is 5.73 Å². The predicted octanol–water partition coefficient (Wildman–Crippen LogP) is 3.65. The average Bonchev–Trinajstić information content (AvgIpc) is 3.59. The average molecular weight is 435 g/mol. The molecule has 0 saturated heterocycles. The lowest BCUT2D eigenvalue weighted by molar-refractivity contribution is -0.121. The molecule has 1 aliphatic heterocycles. The van der Waals surface area contributed by atoms with Gasteiger partial charge in [-0.25, -0.2) is 14.8 Å². The van der Waals surface area contributed by atoms with Crippen molar-refractivity contribution in [2.24, 2.45) is 5.92 Å². The maximum atomic E-state index is 13.5. The van der Waals surface area contributed by atoms with Gasteiger partial charge < -0.3 is 21.3 Å². The smallest absolute Gasteiger partial charge is 0.319 e. The number of carbonyl (C=O) groups excluding carboxylic acids is 2. The molecular weight excluding hydrogens is 404 g/mol. The van der Waals surface area contributed by atoms with Gasteiger partial charge in [-0.2, -0.15) is 0 Å². The van der Waals surface area contributed by atoms with Crippen LogP contribution in [0.3, 0.4) is 0 Å². The number of nitrogens with two attached hydrogens (primary N) is 1. The van der Waals surface area contributed by atoms with Gasteiger partial charge in [0.25, 0.3) is 0 Å². The second-order valence-electron chi connectivity index (χ2n) is 9.42. The number of benzene rings is 1. The molecule has 3 aliphatic rings. The highest BCUT2D eigenvalue weighted by Crippen LogP contribution is 2.53. The zero-order valence-corrected chi connectivity index (χ0v) is 18.5. The zero-order chi connectivity index (χ0) is 22.3. The number of hydrogen-bond acceptors (Lipinski definition) is 5. The first-order valence-corrected chi connectivity index (χ1v) is 11.6. The van der Waals surface area contributed by atoms with E-state index in [1.165, 1.54) is 32.1 Å². The Balaban J connectivity index is 1.33. The van der Waals surface area contributed by atoms with E-state index in [9.17, 15) is 9.59 Å². The van der Waals surface area contributed by atoms with E-state index in [1.54, 1.807) is 11.1 Å². The van der Waals surface area contributed by atoms with Crippen molar-refractivity contribution in [3.63, 3.8) is 0 Å². The van der Waals surface area contributed by atoms with Crippen LogP contribution in [0, 0.1) is 12.8 Å². The van der Waals surface area contributed by atoms with E-state index < -0.39 is 5.41 Å². The van der Waals surface area contributed by atoms with Crippen molar-refractivity contribution in [2.45, 2.75) is 63.8 Å². The van der Waals surface area contributed by atoms with E-state index in [-0.39, 0.29) is 17.9 Å². The monoisotopic (exact) mass is 434 g/mol. The summed E-state index contributed by atoms with van der Waals surface area (Å²) in [5, 5.41) is 5.94. The maximum absolute atomic E-state index is 13.5. The SMILES string of the molecule is Cc1ccc(NC(=O)NCC2CCCCC2)cc1N1Cc2cnc(N)nc2C2(CC2)C1=O. The van der Waals surface area contributed by atoms with Gasteiger partial charge in [-0.15, -0.1) is 0 Å². The van der Waals surface area contributed by atoms with Gasteiger partial charge in [0.15, 0.2) is 0 Å². The number of aromatic nitrogens is 2. The molecule has 2 fully saturated rings. The summed E-state index contributed by atoms with van der Waals surface area (Å²) < 4.78 is 0. The highest BCUT2D eigenvalue weighted by atomic mass is 16.2. The highest BCUT2D eigenvalue weighted by molar-refractivity contribution is 6.05. The van der Waals surface area contributed by atoms with Gasteiger partial charge in [-0.05, 0) is 56.2 Å². The predicted molar refractivity (Wildman–Crippen MR) is 123 cm³/mol. The van der Waals surface area contributed by atoms with Crippen molar-refractivity contribution in [1.29, 1.82) is 0 Å². The van der Waals surface area contributed by atoms with E-state index in [0.29, 0.717) is 24.7 Å². The number of nitrogens with one attached hydrogen (secondary N) is 2. The van der Waals surface area contributed by atoms with Crippen LogP contribution in [-0.2, 0) is 16.8 Å². The molecule has 2 heterocycles. The van der Waals surface area contributed by atoms with Gasteiger partial charge in [0, 0.05) is 29.7 Å². The molecule has 1 aromatic heterocycles. The second kappa shape index (κ2) is 8.07. The number of amides is 3. The summed E-state index contributed by atoms with van der Waals surface area (Å²) in [6, 6.07) is 5.49. The van der Waals surface area contributed by atoms with Crippen molar-refractivity contribution in [1.82, 2.24) is 15.3 Å². The van der Waals surface area contributed by atoms with Crippen molar-refractivity contribution in [3.05, 3.63) is 41.2 Å². The number of carbonyl (C=O) groups is 2. The maximum Gasteiger partial charge on any atom is 0.319 e. The quantitative estimate of drug-likeness (QED) is 0.680. The number of hydrogen-bond donors (Lipinski definition) is 3. The first-order valence-electron chi connectivity index (χ1n) is 11.6. The number of nitrogen functional groups attached to an aromatic ring is 1. The highest BCUT2D eigenvalue weighted by Gasteiger charge is 2.58. The summed E-state index contributed by atoms with van der Waals surface area (Å²) >= 11 is 0. The Morgan fingerprint density at radius 1 is 1.25 bits per heavy atom. The lowest BCUT2D eigenvalue weighted by Gasteiger charge is -2.34. The molecule has 8 nitrogen and oxygen atoms in total. The van der Waals surface area contributed by atoms with Crippen LogP contribution in [-0.4, -0.2) is 28.5 Å². The largest absolute Gasteiger partial charge is 0.368 e.